The van der Waals surface area contributed by atoms with Gasteiger partial charge in [-0.15, -0.1) is 0 Å². The summed E-state index contributed by atoms with van der Waals surface area (Å²) >= 11 is 0. The van der Waals surface area contributed by atoms with E-state index < -0.39 is 5.60 Å². The fourth-order valence-electron chi connectivity index (χ4n) is 2.52. The highest BCUT2D eigenvalue weighted by Gasteiger charge is 2.34. The number of carbonyl (C=O) groups is 1. The first-order chi connectivity index (χ1) is 11.2. The fourth-order valence-corrected chi connectivity index (χ4v) is 2.52. The van der Waals surface area contributed by atoms with Crippen molar-refractivity contribution in [3.8, 4) is 6.07 Å². The number of carbonyl (C=O) groups excluding carboxylic acids is 1. The van der Waals surface area contributed by atoms with Gasteiger partial charge in [0.25, 0.3) is 0 Å². The van der Waals surface area contributed by atoms with Gasteiger partial charge >= 0.3 is 6.09 Å². The van der Waals surface area contributed by atoms with Crippen molar-refractivity contribution in [2.75, 3.05) is 13.1 Å². The number of amides is 1. The van der Waals surface area contributed by atoms with E-state index in [1.807, 2.05) is 32.9 Å². The smallest absolute Gasteiger partial charge is 0.410 e. The quantitative estimate of drug-likeness (QED) is 0.850. The molecule has 0 radical (unpaired) electrons. The Kier molecular flexibility index (Phi) is 5.45. The summed E-state index contributed by atoms with van der Waals surface area (Å²) in [5.74, 6) is 0. The Morgan fingerprint density at radius 1 is 1.42 bits per heavy atom. The molecule has 1 aromatic heterocycles. The minimum atomic E-state index is -0.478. The molecule has 2 heterocycles. The molecule has 24 heavy (non-hydrogen) atoms. The van der Waals surface area contributed by atoms with Crippen LogP contribution in [0, 0.1) is 11.3 Å². The molecule has 2 rings (SSSR count). The first kappa shape index (κ1) is 18.2. The van der Waals surface area contributed by atoms with Gasteiger partial charge in [-0.1, -0.05) is 0 Å². The standard InChI is InChI=1S/C18H25N3O3/c1-17(2,3)24-16(22)21-9-6-18(4,7-10-21)23-13-14-5-8-20-15(11-14)12-19/h5,8,11H,6-7,9-10,13H2,1-4H3. The van der Waals surface area contributed by atoms with E-state index in [9.17, 15) is 4.79 Å². The lowest BCUT2D eigenvalue weighted by molar-refractivity contribution is -0.0812. The minimum Gasteiger partial charge on any atom is -0.444 e. The van der Waals surface area contributed by atoms with Crippen LogP contribution >= 0.6 is 0 Å². The van der Waals surface area contributed by atoms with E-state index in [1.54, 1.807) is 17.2 Å². The van der Waals surface area contributed by atoms with Gasteiger partial charge in [-0.3, -0.25) is 0 Å². The predicted molar refractivity (Wildman–Crippen MR) is 89.2 cm³/mol. The van der Waals surface area contributed by atoms with Crippen molar-refractivity contribution in [1.29, 1.82) is 5.26 Å². The van der Waals surface area contributed by atoms with E-state index in [-0.39, 0.29) is 11.7 Å². The van der Waals surface area contributed by atoms with Gasteiger partial charge < -0.3 is 14.4 Å². The first-order valence-corrected chi connectivity index (χ1v) is 8.18. The predicted octanol–water partition coefficient (Wildman–Crippen LogP) is 3.26. The molecule has 0 N–H and O–H groups in total. The highest BCUT2D eigenvalue weighted by Crippen LogP contribution is 2.28. The zero-order chi connectivity index (χ0) is 17.8. The summed E-state index contributed by atoms with van der Waals surface area (Å²) in [4.78, 5) is 17.8. The maximum absolute atomic E-state index is 12.1. The Labute approximate surface area is 143 Å². The van der Waals surface area contributed by atoms with E-state index >= 15 is 0 Å². The molecular weight excluding hydrogens is 306 g/mol. The molecule has 0 aliphatic carbocycles. The molecule has 1 aromatic rings. The Morgan fingerprint density at radius 2 is 2.08 bits per heavy atom. The number of hydrogen-bond donors (Lipinski definition) is 0. The van der Waals surface area contributed by atoms with Gasteiger partial charge in [0.05, 0.1) is 12.2 Å². The second-order valence-corrected chi connectivity index (χ2v) is 7.37. The molecule has 130 valence electrons. The molecule has 0 atom stereocenters. The van der Waals surface area contributed by atoms with Crippen molar-refractivity contribution in [3.63, 3.8) is 0 Å². The second kappa shape index (κ2) is 7.18. The summed E-state index contributed by atoms with van der Waals surface area (Å²) in [6.07, 6.45) is 2.85. The van der Waals surface area contributed by atoms with Crippen molar-refractivity contribution < 1.29 is 14.3 Å². The lowest BCUT2D eigenvalue weighted by Gasteiger charge is -2.39. The van der Waals surface area contributed by atoms with Crippen molar-refractivity contribution >= 4 is 6.09 Å². The van der Waals surface area contributed by atoms with Crippen LogP contribution in [-0.4, -0.2) is 40.3 Å². The van der Waals surface area contributed by atoms with Gasteiger partial charge in [0, 0.05) is 19.3 Å². The van der Waals surface area contributed by atoms with Gasteiger partial charge in [0.15, 0.2) is 0 Å². The summed E-state index contributed by atoms with van der Waals surface area (Å²) in [5.41, 5.74) is 0.557. The van der Waals surface area contributed by atoms with E-state index in [4.69, 9.17) is 14.7 Å². The normalized spacial score (nSPS) is 17.2. The molecule has 1 aliphatic heterocycles. The number of nitrogens with zero attached hydrogens (tertiary/aromatic N) is 3. The molecule has 0 bridgehead atoms. The largest absolute Gasteiger partial charge is 0.444 e. The lowest BCUT2D eigenvalue weighted by Crippen LogP contribution is -2.47. The number of aromatic nitrogens is 1. The highest BCUT2D eigenvalue weighted by molar-refractivity contribution is 5.68. The fraction of sp³-hybridized carbons (Fsp3) is 0.611. The van der Waals surface area contributed by atoms with Crippen LogP contribution in [0.25, 0.3) is 0 Å². The number of pyridine rings is 1. The third-order valence-electron chi connectivity index (χ3n) is 4.00. The monoisotopic (exact) mass is 331 g/mol. The minimum absolute atomic E-state index is 0.266. The number of likely N-dealkylation sites (tertiary alicyclic amines) is 1. The van der Waals surface area contributed by atoms with Crippen LogP contribution in [0.2, 0.25) is 0 Å². The van der Waals surface area contributed by atoms with Gasteiger partial charge in [-0.05, 0) is 58.2 Å². The molecule has 1 saturated heterocycles. The molecule has 6 nitrogen and oxygen atoms in total. The molecule has 1 amide bonds. The van der Waals surface area contributed by atoms with Crippen LogP contribution in [0.1, 0.15) is 51.8 Å². The Morgan fingerprint density at radius 3 is 2.67 bits per heavy atom. The van der Waals surface area contributed by atoms with Crippen LogP contribution in [-0.2, 0) is 16.1 Å². The van der Waals surface area contributed by atoms with Gasteiger partial charge in [0.2, 0.25) is 0 Å². The summed E-state index contributed by atoms with van der Waals surface area (Å²) in [6.45, 7) is 9.33. The van der Waals surface area contributed by atoms with Crippen LogP contribution in [0.15, 0.2) is 18.3 Å². The van der Waals surface area contributed by atoms with Gasteiger partial charge in [-0.25, -0.2) is 9.78 Å². The van der Waals surface area contributed by atoms with Crippen molar-refractivity contribution in [2.24, 2.45) is 0 Å². The molecule has 1 fully saturated rings. The zero-order valence-corrected chi connectivity index (χ0v) is 14.8. The number of nitriles is 1. The Balaban J connectivity index is 1.86. The molecule has 0 spiro atoms. The topological polar surface area (TPSA) is 75.4 Å². The first-order valence-electron chi connectivity index (χ1n) is 8.18. The van der Waals surface area contributed by atoms with Crippen LogP contribution in [0.4, 0.5) is 4.79 Å². The summed E-state index contributed by atoms with van der Waals surface area (Å²) < 4.78 is 11.5. The SMILES string of the molecule is CC(C)(C)OC(=O)N1CCC(C)(OCc2ccnc(C#N)c2)CC1. The van der Waals surface area contributed by atoms with Crippen LogP contribution in [0.3, 0.4) is 0 Å². The van der Waals surface area contributed by atoms with E-state index in [0.29, 0.717) is 25.4 Å². The van der Waals surface area contributed by atoms with Crippen LogP contribution in [0.5, 0.6) is 0 Å². The maximum atomic E-state index is 12.1. The number of rotatable bonds is 3. The number of piperidine rings is 1. The van der Waals surface area contributed by atoms with Crippen molar-refractivity contribution in [2.45, 2.75) is 58.3 Å². The maximum Gasteiger partial charge on any atom is 0.410 e. The van der Waals surface area contributed by atoms with E-state index in [0.717, 1.165) is 18.4 Å². The third-order valence-corrected chi connectivity index (χ3v) is 4.00. The lowest BCUT2D eigenvalue weighted by atomic mass is 9.93. The molecule has 1 aliphatic rings. The van der Waals surface area contributed by atoms with Gasteiger partial charge in [-0.2, -0.15) is 5.26 Å². The third kappa shape index (κ3) is 5.20. The molecule has 0 aromatic carbocycles. The Bertz CT molecular complexity index is 623. The second-order valence-electron chi connectivity index (χ2n) is 7.37. The Hall–Kier alpha value is -2.13. The number of hydrogen-bond acceptors (Lipinski definition) is 5. The summed E-state index contributed by atoms with van der Waals surface area (Å²) in [7, 11) is 0. The van der Waals surface area contributed by atoms with E-state index in [2.05, 4.69) is 11.9 Å². The molecule has 0 saturated carbocycles. The average Bonchev–Trinajstić information content (AvgIpc) is 2.52. The van der Waals surface area contributed by atoms with Crippen molar-refractivity contribution in [3.05, 3.63) is 29.6 Å². The highest BCUT2D eigenvalue weighted by atomic mass is 16.6. The average molecular weight is 331 g/mol. The zero-order valence-electron chi connectivity index (χ0n) is 14.8. The van der Waals surface area contributed by atoms with Crippen molar-refractivity contribution in [1.82, 2.24) is 9.88 Å². The molecular formula is C18H25N3O3. The van der Waals surface area contributed by atoms with E-state index in [1.165, 1.54) is 0 Å². The van der Waals surface area contributed by atoms with Crippen LogP contribution < -0.4 is 0 Å². The summed E-state index contributed by atoms with van der Waals surface area (Å²) in [5, 5.41) is 8.89. The molecule has 6 heteroatoms. The summed E-state index contributed by atoms with van der Waals surface area (Å²) in [6, 6.07) is 5.61. The number of ether oxygens (including phenoxy) is 2. The van der Waals surface area contributed by atoms with Gasteiger partial charge in [0.1, 0.15) is 17.4 Å². The molecule has 0 unspecified atom stereocenters.